The predicted octanol–water partition coefficient (Wildman–Crippen LogP) is 0.474. The Labute approximate surface area is 179 Å². The number of methoxy groups -OCH3 is 2. The molecule has 30 heavy (non-hydrogen) atoms. The molecule has 0 radical (unpaired) electrons. The van der Waals surface area contributed by atoms with Crippen LogP contribution in [0.2, 0.25) is 0 Å². The zero-order chi connectivity index (χ0) is 21.7. The molecule has 0 spiro atoms. The highest BCUT2D eigenvalue weighted by atomic mass is 16.5. The van der Waals surface area contributed by atoms with Crippen molar-refractivity contribution in [3.8, 4) is 11.5 Å². The molecule has 2 heterocycles. The molecule has 1 fully saturated rings. The zero-order valence-electron chi connectivity index (χ0n) is 18.7. The highest BCUT2D eigenvalue weighted by Crippen LogP contribution is 2.27. The maximum Gasteiger partial charge on any atom is 0.218 e. The van der Waals surface area contributed by atoms with Gasteiger partial charge in [-0.05, 0) is 38.1 Å². The van der Waals surface area contributed by atoms with E-state index in [2.05, 4.69) is 30.2 Å². The molecular formula is C24H35N3O3+2. The van der Waals surface area contributed by atoms with E-state index in [9.17, 15) is 4.79 Å². The van der Waals surface area contributed by atoms with E-state index in [-0.39, 0.29) is 5.78 Å². The van der Waals surface area contributed by atoms with Gasteiger partial charge in [0.15, 0.2) is 11.5 Å². The summed E-state index contributed by atoms with van der Waals surface area (Å²) in [6.45, 7) is 14.3. The fraction of sp³-hybridized carbons (Fsp3) is 0.458. The van der Waals surface area contributed by atoms with Crippen molar-refractivity contribution in [3.63, 3.8) is 0 Å². The van der Waals surface area contributed by atoms with Crippen LogP contribution in [0.3, 0.4) is 0 Å². The molecule has 0 amide bonds. The minimum absolute atomic E-state index is 0.247. The number of rotatable bonds is 9. The Morgan fingerprint density at radius 2 is 1.73 bits per heavy atom. The van der Waals surface area contributed by atoms with E-state index in [0.717, 1.165) is 67.7 Å². The summed E-state index contributed by atoms with van der Waals surface area (Å²) >= 11 is 0. The molecule has 0 saturated carbocycles. The highest BCUT2D eigenvalue weighted by molar-refractivity contribution is 5.98. The number of benzene rings is 1. The van der Waals surface area contributed by atoms with Gasteiger partial charge in [-0.2, -0.15) is 0 Å². The third-order valence-electron chi connectivity index (χ3n) is 6.16. The molecule has 0 aliphatic carbocycles. The molecule has 6 nitrogen and oxygen atoms in total. The van der Waals surface area contributed by atoms with Gasteiger partial charge in [-0.1, -0.05) is 6.08 Å². The molecule has 162 valence electrons. The lowest BCUT2D eigenvalue weighted by Gasteiger charge is -2.29. The molecule has 0 atom stereocenters. The number of allylic oxidation sites excluding steroid dienone is 1. The summed E-state index contributed by atoms with van der Waals surface area (Å²) in [6, 6.07) is 8.17. The van der Waals surface area contributed by atoms with Crippen molar-refractivity contribution in [3.05, 3.63) is 59.4 Å². The molecular weight excluding hydrogens is 378 g/mol. The number of hydrogen-bond donors (Lipinski definition) is 2. The van der Waals surface area contributed by atoms with Crippen LogP contribution in [0.1, 0.15) is 27.3 Å². The predicted molar refractivity (Wildman–Crippen MR) is 118 cm³/mol. The van der Waals surface area contributed by atoms with E-state index in [1.165, 1.54) is 10.5 Å². The van der Waals surface area contributed by atoms with Crippen LogP contribution in [0.4, 0.5) is 0 Å². The second-order valence-corrected chi connectivity index (χ2v) is 8.15. The zero-order valence-corrected chi connectivity index (χ0v) is 18.7. The topological polar surface area (TPSA) is 49.3 Å². The van der Waals surface area contributed by atoms with Gasteiger partial charge in [0.05, 0.1) is 14.2 Å². The summed E-state index contributed by atoms with van der Waals surface area (Å²) in [7, 11) is 3.33. The number of aryl methyl sites for hydroxylation is 1. The first-order chi connectivity index (χ1) is 14.5. The first kappa shape index (κ1) is 22.1. The third-order valence-corrected chi connectivity index (χ3v) is 6.16. The molecule has 6 heteroatoms. The van der Waals surface area contributed by atoms with E-state index in [0.29, 0.717) is 6.54 Å². The number of nitrogens with zero attached hydrogens (tertiary/aromatic N) is 1. The third kappa shape index (κ3) is 4.94. The maximum absolute atomic E-state index is 12.9. The summed E-state index contributed by atoms with van der Waals surface area (Å²) in [5.41, 5.74) is 4.28. The average Bonchev–Trinajstić information content (AvgIpc) is 3.03. The van der Waals surface area contributed by atoms with Crippen molar-refractivity contribution in [2.75, 3.05) is 46.9 Å². The normalized spacial score (nSPS) is 18.8. The lowest BCUT2D eigenvalue weighted by Crippen LogP contribution is -3.27. The molecule has 1 aliphatic rings. The number of ketones is 1. The number of hydrogen-bond acceptors (Lipinski definition) is 3. The van der Waals surface area contributed by atoms with Gasteiger partial charge in [0.25, 0.3) is 0 Å². The molecule has 2 N–H and O–H groups in total. The minimum atomic E-state index is 0.247. The van der Waals surface area contributed by atoms with Crippen molar-refractivity contribution in [1.82, 2.24) is 4.57 Å². The quantitative estimate of drug-likeness (QED) is 0.464. The van der Waals surface area contributed by atoms with Crippen LogP contribution >= 0.6 is 0 Å². The molecule has 1 saturated heterocycles. The summed E-state index contributed by atoms with van der Waals surface area (Å²) in [4.78, 5) is 15.8. The van der Waals surface area contributed by atoms with Gasteiger partial charge < -0.3 is 23.8 Å². The Balaban J connectivity index is 1.54. The van der Waals surface area contributed by atoms with Crippen molar-refractivity contribution >= 4 is 5.78 Å². The van der Waals surface area contributed by atoms with Crippen LogP contribution in [-0.4, -0.2) is 57.3 Å². The number of piperazine rings is 1. The minimum Gasteiger partial charge on any atom is -0.493 e. The second-order valence-electron chi connectivity index (χ2n) is 8.15. The molecule has 0 unspecified atom stereocenters. The fourth-order valence-corrected chi connectivity index (χ4v) is 4.41. The molecule has 2 aromatic rings. The van der Waals surface area contributed by atoms with Crippen LogP contribution < -0.4 is 19.3 Å². The summed E-state index contributed by atoms with van der Waals surface area (Å²) in [6.07, 6.45) is 1.87. The number of nitrogens with one attached hydrogen (secondary N) is 2. The first-order valence-electron chi connectivity index (χ1n) is 10.7. The number of carbonyl (C=O) groups excluding carboxylic acids is 1. The highest BCUT2D eigenvalue weighted by Gasteiger charge is 2.27. The van der Waals surface area contributed by atoms with Gasteiger partial charge in [0.2, 0.25) is 5.78 Å². The summed E-state index contributed by atoms with van der Waals surface area (Å²) in [5.74, 6) is 1.78. The van der Waals surface area contributed by atoms with Gasteiger partial charge in [0, 0.05) is 29.1 Å². The van der Waals surface area contributed by atoms with Crippen molar-refractivity contribution in [2.45, 2.75) is 26.9 Å². The van der Waals surface area contributed by atoms with Gasteiger partial charge in [-0.15, -0.1) is 6.58 Å². The SMILES string of the molecule is C=CCn1c(C)cc(C(=O)C[NH+]2CC[NH+](Cc3ccc(OC)c(OC)c3)CC2)c1C. The molecule has 3 rings (SSSR count). The monoisotopic (exact) mass is 413 g/mol. The lowest BCUT2D eigenvalue weighted by atomic mass is 10.1. The largest absolute Gasteiger partial charge is 0.493 e. The Morgan fingerprint density at radius 3 is 2.37 bits per heavy atom. The number of ether oxygens (including phenoxy) is 2. The summed E-state index contributed by atoms with van der Waals surface area (Å²) < 4.78 is 12.9. The van der Waals surface area contributed by atoms with Crippen LogP contribution in [0.25, 0.3) is 0 Å². The first-order valence-corrected chi connectivity index (χ1v) is 10.7. The number of quaternary nitrogens is 2. The number of carbonyl (C=O) groups is 1. The van der Waals surface area contributed by atoms with E-state index in [1.807, 2.05) is 25.1 Å². The number of Topliss-reactive ketones (excluding diaryl/α,β-unsaturated/α-hetero) is 1. The Morgan fingerprint density at radius 1 is 1.07 bits per heavy atom. The van der Waals surface area contributed by atoms with Gasteiger partial charge >= 0.3 is 0 Å². The molecule has 1 aromatic heterocycles. The molecule has 1 aromatic carbocycles. The Hall–Kier alpha value is -2.57. The molecule has 0 bridgehead atoms. The average molecular weight is 414 g/mol. The van der Waals surface area contributed by atoms with Gasteiger partial charge in [-0.3, -0.25) is 4.79 Å². The van der Waals surface area contributed by atoms with E-state index < -0.39 is 0 Å². The number of aromatic nitrogens is 1. The fourth-order valence-electron chi connectivity index (χ4n) is 4.41. The van der Waals surface area contributed by atoms with Gasteiger partial charge in [0.1, 0.15) is 39.3 Å². The van der Waals surface area contributed by atoms with Crippen molar-refractivity contribution in [1.29, 1.82) is 0 Å². The van der Waals surface area contributed by atoms with Crippen molar-refractivity contribution < 1.29 is 24.1 Å². The Kier molecular flexibility index (Phi) is 7.34. The van der Waals surface area contributed by atoms with E-state index in [1.54, 1.807) is 19.1 Å². The van der Waals surface area contributed by atoms with Crippen LogP contribution in [-0.2, 0) is 13.1 Å². The van der Waals surface area contributed by atoms with E-state index >= 15 is 0 Å². The van der Waals surface area contributed by atoms with Crippen LogP contribution in [0.15, 0.2) is 36.9 Å². The standard InChI is InChI=1S/C24H33N3O3/c1-6-9-27-18(2)14-21(19(27)3)22(28)17-26-12-10-25(11-13-26)16-20-7-8-23(29-4)24(15-20)30-5/h6-8,14-15H,1,9-13,16-17H2,2-5H3/p+2. The van der Waals surface area contributed by atoms with Crippen LogP contribution in [0.5, 0.6) is 11.5 Å². The van der Waals surface area contributed by atoms with Crippen molar-refractivity contribution in [2.24, 2.45) is 0 Å². The van der Waals surface area contributed by atoms with Crippen LogP contribution in [0, 0.1) is 13.8 Å². The summed E-state index contributed by atoms with van der Waals surface area (Å²) in [5, 5.41) is 0. The maximum atomic E-state index is 12.9. The molecule has 1 aliphatic heterocycles. The van der Waals surface area contributed by atoms with Gasteiger partial charge in [-0.25, -0.2) is 0 Å². The lowest BCUT2D eigenvalue weighted by molar-refractivity contribution is -1.01. The smallest absolute Gasteiger partial charge is 0.218 e. The Bertz CT molecular complexity index is 895. The van der Waals surface area contributed by atoms with E-state index in [4.69, 9.17) is 9.47 Å². The second kappa shape index (κ2) is 9.96.